The molecule has 2 aromatic carbocycles. The molecule has 0 saturated heterocycles. The van der Waals surface area contributed by atoms with Crippen LogP contribution in [0, 0.1) is 11.6 Å². The van der Waals surface area contributed by atoms with Crippen molar-refractivity contribution in [1.29, 1.82) is 0 Å². The fourth-order valence-electron chi connectivity index (χ4n) is 2.63. The molecule has 1 aliphatic rings. The Morgan fingerprint density at radius 3 is 2.86 bits per heavy atom. The first-order valence-electron chi connectivity index (χ1n) is 7.06. The van der Waals surface area contributed by atoms with Gasteiger partial charge in [-0.15, -0.1) is 0 Å². The van der Waals surface area contributed by atoms with Gasteiger partial charge in [-0.25, -0.2) is 8.78 Å². The third-order valence-electron chi connectivity index (χ3n) is 3.79. The molecule has 21 heavy (non-hydrogen) atoms. The van der Waals surface area contributed by atoms with Crippen molar-refractivity contribution in [2.45, 2.75) is 25.5 Å². The topological polar surface area (TPSA) is 21.3 Å². The first kappa shape index (κ1) is 14.0. The van der Waals surface area contributed by atoms with Crippen LogP contribution in [-0.2, 0) is 6.42 Å². The lowest BCUT2D eigenvalue weighted by atomic mass is 10.1. The highest BCUT2D eigenvalue weighted by molar-refractivity contribution is 5.37. The maximum Gasteiger partial charge on any atom is 0.128 e. The van der Waals surface area contributed by atoms with Crippen molar-refractivity contribution in [1.82, 2.24) is 5.32 Å². The zero-order valence-electron chi connectivity index (χ0n) is 11.8. The van der Waals surface area contributed by atoms with Gasteiger partial charge in [-0.3, -0.25) is 0 Å². The normalized spacial score (nSPS) is 18.1. The highest BCUT2D eigenvalue weighted by Crippen LogP contribution is 2.28. The number of fused-ring (bicyclic) bond motifs is 1. The molecule has 2 nitrogen and oxygen atoms in total. The van der Waals surface area contributed by atoms with Gasteiger partial charge in [0.15, 0.2) is 0 Å². The van der Waals surface area contributed by atoms with E-state index in [1.165, 1.54) is 11.6 Å². The van der Waals surface area contributed by atoms with Gasteiger partial charge in [0, 0.05) is 24.6 Å². The van der Waals surface area contributed by atoms with Crippen LogP contribution in [-0.4, -0.2) is 12.6 Å². The number of halogens is 2. The van der Waals surface area contributed by atoms with E-state index in [1.807, 2.05) is 31.2 Å². The lowest BCUT2D eigenvalue weighted by Gasteiger charge is -2.18. The van der Waals surface area contributed by atoms with E-state index in [9.17, 15) is 8.78 Å². The second-order valence-corrected chi connectivity index (χ2v) is 5.35. The maximum atomic E-state index is 13.7. The second kappa shape index (κ2) is 5.82. The molecule has 0 radical (unpaired) electrons. The summed E-state index contributed by atoms with van der Waals surface area (Å²) in [5, 5.41) is 3.21. The van der Waals surface area contributed by atoms with Crippen LogP contribution >= 0.6 is 0 Å². The zero-order chi connectivity index (χ0) is 14.8. The van der Waals surface area contributed by atoms with Gasteiger partial charge in [-0.1, -0.05) is 18.2 Å². The molecule has 0 spiro atoms. The molecule has 110 valence electrons. The third-order valence-corrected chi connectivity index (χ3v) is 3.79. The number of hydrogen-bond donors (Lipinski definition) is 1. The molecular weight excluding hydrogens is 272 g/mol. The number of ether oxygens (including phenoxy) is 1. The van der Waals surface area contributed by atoms with E-state index >= 15 is 0 Å². The number of benzene rings is 2. The predicted octanol–water partition coefficient (Wildman–Crippen LogP) is 3.62. The molecule has 0 aliphatic carbocycles. The van der Waals surface area contributed by atoms with Crippen molar-refractivity contribution in [3.63, 3.8) is 0 Å². The summed E-state index contributed by atoms with van der Waals surface area (Å²) in [4.78, 5) is 0. The van der Waals surface area contributed by atoms with Gasteiger partial charge in [-0.05, 0) is 36.8 Å². The van der Waals surface area contributed by atoms with E-state index in [-0.39, 0.29) is 12.1 Å². The minimum atomic E-state index is -0.426. The van der Waals surface area contributed by atoms with E-state index < -0.39 is 11.6 Å². The summed E-state index contributed by atoms with van der Waals surface area (Å²) in [6.45, 7) is 2.41. The Hall–Kier alpha value is -1.94. The van der Waals surface area contributed by atoms with E-state index in [4.69, 9.17) is 4.74 Å². The van der Waals surface area contributed by atoms with Crippen LogP contribution in [0.4, 0.5) is 8.78 Å². The molecule has 3 rings (SSSR count). The molecular formula is C17H17F2NO. The van der Waals surface area contributed by atoms with Gasteiger partial charge >= 0.3 is 0 Å². The number of hydrogen-bond acceptors (Lipinski definition) is 2. The Balaban J connectivity index is 1.60. The van der Waals surface area contributed by atoms with Crippen molar-refractivity contribution < 1.29 is 13.5 Å². The van der Waals surface area contributed by atoms with Crippen LogP contribution in [0.1, 0.15) is 24.1 Å². The molecule has 0 bridgehead atoms. The van der Waals surface area contributed by atoms with Gasteiger partial charge in [0.05, 0.1) is 0 Å². The predicted molar refractivity (Wildman–Crippen MR) is 77.3 cm³/mol. The van der Waals surface area contributed by atoms with Crippen LogP contribution < -0.4 is 10.1 Å². The number of nitrogens with one attached hydrogen (secondary N) is 1. The summed E-state index contributed by atoms with van der Waals surface area (Å²) in [7, 11) is 0. The lowest BCUT2D eigenvalue weighted by molar-refractivity contribution is 0.222. The van der Waals surface area contributed by atoms with Gasteiger partial charge in [0.1, 0.15) is 23.5 Å². The monoisotopic (exact) mass is 289 g/mol. The summed E-state index contributed by atoms with van der Waals surface area (Å²) >= 11 is 0. The lowest BCUT2D eigenvalue weighted by Crippen LogP contribution is -2.32. The average molecular weight is 289 g/mol. The first-order valence-corrected chi connectivity index (χ1v) is 7.06. The molecule has 1 aliphatic heterocycles. The zero-order valence-corrected chi connectivity index (χ0v) is 11.8. The Kier molecular flexibility index (Phi) is 3.88. The third kappa shape index (κ3) is 3.05. The Morgan fingerprint density at radius 1 is 1.24 bits per heavy atom. The van der Waals surface area contributed by atoms with E-state index in [2.05, 4.69) is 5.32 Å². The summed E-state index contributed by atoms with van der Waals surface area (Å²) in [5.41, 5.74) is 1.53. The van der Waals surface area contributed by atoms with Crippen molar-refractivity contribution in [3.8, 4) is 5.75 Å². The van der Waals surface area contributed by atoms with Crippen molar-refractivity contribution in [2.75, 3.05) is 6.54 Å². The highest BCUT2D eigenvalue weighted by Gasteiger charge is 2.23. The number of para-hydroxylation sites is 1. The number of rotatable bonds is 4. The Bertz CT molecular complexity index is 619. The molecule has 0 aromatic heterocycles. The first-order chi connectivity index (χ1) is 10.1. The van der Waals surface area contributed by atoms with Crippen LogP contribution in [0.15, 0.2) is 42.5 Å². The van der Waals surface area contributed by atoms with Crippen LogP contribution in [0.3, 0.4) is 0 Å². The summed E-state index contributed by atoms with van der Waals surface area (Å²) < 4.78 is 32.7. The van der Waals surface area contributed by atoms with E-state index in [0.29, 0.717) is 12.1 Å². The average Bonchev–Trinajstić information content (AvgIpc) is 2.90. The van der Waals surface area contributed by atoms with Crippen molar-refractivity contribution >= 4 is 0 Å². The molecule has 2 aromatic rings. The fraction of sp³-hybridized carbons (Fsp3) is 0.294. The SMILES string of the molecule is CC(NCC1Cc2ccccc2O1)c1cc(F)ccc1F. The molecule has 2 unspecified atom stereocenters. The minimum absolute atomic E-state index is 0.0291. The maximum absolute atomic E-state index is 13.7. The summed E-state index contributed by atoms with van der Waals surface area (Å²) in [5.74, 6) is 0.0884. The Labute approximate surface area is 122 Å². The molecule has 1 N–H and O–H groups in total. The van der Waals surface area contributed by atoms with Gasteiger partial charge in [0.25, 0.3) is 0 Å². The quantitative estimate of drug-likeness (QED) is 0.928. The van der Waals surface area contributed by atoms with Gasteiger partial charge < -0.3 is 10.1 Å². The fourth-order valence-corrected chi connectivity index (χ4v) is 2.63. The standard InChI is InChI=1S/C17H17F2NO/c1-11(15-9-13(18)6-7-16(15)19)20-10-14-8-12-4-2-3-5-17(12)21-14/h2-7,9,11,14,20H,8,10H2,1H3. The summed E-state index contributed by atoms with van der Waals surface area (Å²) in [6, 6.07) is 11.2. The van der Waals surface area contributed by atoms with Crippen molar-refractivity contribution in [2.24, 2.45) is 0 Å². The molecule has 1 heterocycles. The molecule has 0 saturated carbocycles. The molecule has 4 heteroatoms. The van der Waals surface area contributed by atoms with Crippen molar-refractivity contribution in [3.05, 3.63) is 65.2 Å². The highest BCUT2D eigenvalue weighted by atomic mass is 19.1. The second-order valence-electron chi connectivity index (χ2n) is 5.35. The molecule has 2 atom stereocenters. The largest absolute Gasteiger partial charge is 0.488 e. The molecule has 0 amide bonds. The molecule has 0 fully saturated rings. The van der Waals surface area contributed by atoms with Gasteiger partial charge in [0.2, 0.25) is 0 Å². The van der Waals surface area contributed by atoms with Gasteiger partial charge in [-0.2, -0.15) is 0 Å². The summed E-state index contributed by atoms with van der Waals surface area (Å²) in [6.07, 6.45) is 0.864. The van der Waals surface area contributed by atoms with Crippen LogP contribution in [0.25, 0.3) is 0 Å². The van der Waals surface area contributed by atoms with E-state index in [1.54, 1.807) is 0 Å². The van der Waals surface area contributed by atoms with Crippen LogP contribution in [0.5, 0.6) is 5.75 Å². The van der Waals surface area contributed by atoms with E-state index in [0.717, 1.165) is 24.3 Å². The Morgan fingerprint density at radius 2 is 2.05 bits per heavy atom. The van der Waals surface area contributed by atoms with Crippen LogP contribution in [0.2, 0.25) is 0 Å². The minimum Gasteiger partial charge on any atom is -0.488 e. The smallest absolute Gasteiger partial charge is 0.128 e.